The summed E-state index contributed by atoms with van der Waals surface area (Å²) in [6.45, 7) is -0.0485. The number of rotatable bonds is 4. The number of carbonyl (C=O) groups excluding carboxylic acids is 1. The molecule has 0 fully saturated rings. The number of anilines is 1. The lowest BCUT2D eigenvalue weighted by molar-refractivity contribution is -0.117. The van der Waals surface area contributed by atoms with Crippen molar-refractivity contribution in [3.8, 4) is 11.4 Å². The van der Waals surface area contributed by atoms with Gasteiger partial charge in [-0.3, -0.25) is 4.79 Å². The summed E-state index contributed by atoms with van der Waals surface area (Å²) in [6, 6.07) is 13.9. The number of hydrogen-bond donors (Lipinski definition) is 1. The van der Waals surface area contributed by atoms with E-state index in [0.29, 0.717) is 21.6 Å². The molecule has 0 saturated carbocycles. The van der Waals surface area contributed by atoms with Crippen molar-refractivity contribution < 1.29 is 4.79 Å². The molecule has 0 aliphatic carbocycles. The summed E-state index contributed by atoms with van der Waals surface area (Å²) in [4.78, 5) is 13.2. The molecule has 0 aliphatic rings. The van der Waals surface area contributed by atoms with E-state index in [4.69, 9.17) is 23.2 Å². The van der Waals surface area contributed by atoms with Crippen LogP contribution in [-0.2, 0) is 11.3 Å². The predicted octanol–water partition coefficient (Wildman–Crippen LogP) is 3.29. The molecule has 0 bridgehead atoms. The van der Waals surface area contributed by atoms with Crippen LogP contribution in [-0.4, -0.2) is 26.1 Å². The zero-order valence-corrected chi connectivity index (χ0v) is 13.3. The first-order valence-corrected chi connectivity index (χ1v) is 7.45. The van der Waals surface area contributed by atoms with Gasteiger partial charge in [-0.2, -0.15) is 4.80 Å². The van der Waals surface area contributed by atoms with Gasteiger partial charge in [0.15, 0.2) is 0 Å². The molecule has 3 aromatic rings. The van der Waals surface area contributed by atoms with Gasteiger partial charge in [0, 0.05) is 21.3 Å². The van der Waals surface area contributed by atoms with Gasteiger partial charge in [0.1, 0.15) is 6.54 Å². The second-order valence-electron chi connectivity index (χ2n) is 4.71. The van der Waals surface area contributed by atoms with Gasteiger partial charge in [-0.15, -0.1) is 10.2 Å². The molecular weight excluding hydrogens is 337 g/mol. The maximum absolute atomic E-state index is 12.0. The first-order valence-electron chi connectivity index (χ1n) is 6.69. The van der Waals surface area contributed by atoms with Crippen LogP contribution in [0.2, 0.25) is 10.0 Å². The van der Waals surface area contributed by atoms with Gasteiger partial charge in [-0.1, -0.05) is 29.3 Å². The van der Waals surface area contributed by atoms with Gasteiger partial charge in [0.05, 0.1) is 0 Å². The monoisotopic (exact) mass is 347 g/mol. The molecule has 2 aromatic carbocycles. The van der Waals surface area contributed by atoms with Crippen molar-refractivity contribution in [2.75, 3.05) is 5.32 Å². The summed E-state index contributed by atoms with van der Waals surface area (Å²) in [5.74, 6) is 0.157. The Morgan fingerprint density at radius 2 is 1.87 bits per heavy atom. The van der Waals surface area contributed by atoms with Crippen LogP contribution in [0.25, 0.3) is 11.4 Å². The summed E-state index contributed by atoms with van der Waals surface area (Å²) in [7, 11) is 0. The third-order valence-corrected chi connectivity index (χ3v) is 3.44. The molecule has 0 radical (unpaired) electrons. The number of carbonyl (C=O) groups is 1. The summed E-state index contributed by atoms with van der Waals surface area (Å²) in [6.07, 6.45) is 0. The topological polar surface area (TPSA) is 72.7 Å². The zero-order chi connectivity index (χ0) is 16.2. The van der Waals surface area contributed by atoms with Gasteiger partial charge < -0.3 is 5.32 Å². The maximum atomic E-state index is 12.0. The first-order chi connectivity index (χ1) is 11.1. The van der Waals surface area contributed by atoms with Crippen molar-refractivity contribution in [1.82, 2.24) is 20.2 Å². The highest BCUT2D eigenvalue weighted by molar-refractivity contribution is 6.31. The smallest absolute Gasteiger partial charge is 0.248 e. The number of aromatic nitrogens is 4. The molecule has 8 heteroatoms. The van der Waals surface area contributed by atoms with Crippen molar-refractivity contribution in [3.05, 3.63) is 58.6 Å². The van der Waals surface area contributed by atoms with Crippen LogP contribution in [0.3, 0.4) is 0 Å². The van der Waals surface area contributed by atoms with Crippen LogP contribution in [0.4, 0.5) is 5.69 Å². The highest BCUT2D eigenvalue weighted by atomic mass is 35.5. The normalized spacial score (nSPS) is 10.5. The van der Waals surface area contributed by atoms with E-state index in [2.05, 4.69) is 20.7 Å². The van der Waals surface area contributed by atoms with Gasteiger partial charge >= 0.3 is 0 Å². The van der Waals surface area contributed by atoms with Crippen LogP contribution in [0.5, 0.6) is 0 Å². The molecule has 116 valence electrons. The minimum atomic E-state index is -0.271. The van der Waals surface area contributed by atoms with Gasteiger partial charge in [0.25, 0.3) is 0 Å². The molecule has 0 unspecified atom stereocenters. The van der Waals surface area contributed by atoms with E-state index in [9.17, 15) is 4.79 Å². The molecule has 0 spiro atoms. The minimum absolute atomic E-state index is 0.0485. The fraction of sp³-hybridized carbons (Fsp3) is 0.0667. The summed E-state index contributed by atoms with van der Waals surface area (Å²) < 4.78 is 0. The molecule has 0 atom stereocenters. The highest BCUT2D eigenvalue weighted by Crippen LogP contribution is 2.17. The first kappa shape index (κ1) is 15.5. The molecule has 23 heavy (non-hydrogen) atoms. The largest absolute Gasteiger partial charge is 0.324 e. The predicted molar refractivity (Wildman–Crippen MR) is 88.3 cm³/mol. The molecule has 0 saturated heterocycles. The van der Waals surface area contributed by atoms with E-state index < -0.39 is 0 Å². The number of nitrogens with one attached hydrogen (secondary N) is 1. The van der Waals surface area contributed by atoms with Crippen molar-refractivity contribution in [2.24, 2.45) is 0 Å². The number of tetrazole rings is 1. The Kier molecular flexibility index (Phi) is 4.55. The number of benzene rings is 2. The lowest BCUT2D eigenvalue weighted by atomic mass is 10.2. The quantitative estimate of drug-likeness (QED) is 0.785. The Bertz CT molecular complexity index is 832. The standard InChI is InChI=1S/C15H11Cl2N5O/c16-11-6-4-10(5-7-11)15-19-21-22(20-15)9-14(23)18-13-3-1-2-12(17)8-13/h1-8H,9H2,(H,18,23). The SMILES string of the molecule is O=C(Cn1nnc(-c2ccc(Cl)cc2)n1)Nc1cccc(Cl)c1. The number of amides is 1. The molecule has 6 nitrogen and oxygen atoms in total. The molecule has 3 rings (SSSR count). The Morgan fingerprint density at radius 1 is 1.09 bits per heavy atom. The fourth-order valence-electron chi connectivity index (χ4n) is 1.92. The summed E-state index contributed by atoms with van der Waals surface area (Å²) in [5.41, 5.74) is 1.39. The second kappa shape index (κ2) is 6.76. The molecule has 1 N–H and O–H groups in total. The Balaban J connectivity index is 1.66. The highest BCUT2D eigenvalue weighted by Gasteiger charge is 2.09. The maximum Gasteiger partial charge on any atom is 0.248 e. The molecule has 1 amide bonds. The van der Waals surface area contributed by atoms with E-state index in [0.717, 1.165) is 5.56 Å². The van der Waals surface area contributed by atoms with Crippen molar-refractivity contribution in [3.63, 3.8) is 0 Å². The summed E-state index contributed by atoms with van der Waals surface area (Å²) in [5, 5.41) is 15.9. The van der Waals surface area contributed by atoms with Crippen LogP contribution >= 0.6 is 23.2 Å². The van der Waals surface area contributed by atoms with E-state index >= 15 is 0 Å². The molecular formula is C15H11Cl2N5O. The summed E-state index contributed by atoms with van der Waals surface area (Å²) >= 11 is 11.7. The Hall–Kier alpha value is -2.44. The number of nitrogens with zero attached hydrogens (tertiary/aromatic N) is 4. The molecule has 1 heterocycles. The van der Waals surface area contributed by atoms with E-state index in [1.54, 1.807) is 48.5 Å². The minimum Gasteiger partial charge on any atom is -0.324 e. The fourth-order valence-corrected chi connectivity index (χ4v) is 2.24. The van der Waals surface area contributed by atoms with Crippen LogP contribution in [0.1, 0.15) is 0 Å². The van der Waals surface area contributed by atoms with E-state index in [1.807, 2.05) is 0 Å². The lowest BCUT2D eigenvalue weighted by Crippen LogP contribution is -2.20. The van der Waals surface area contributed by atoms with Crippen molar-refractivity contribution in [2.45, 2.75) is 6.54 Å². The second-order valence-corrected chi connectivity index (χ2v) is 5.58. The van der Waals surface area contributed by atoms with Crippen LogP contribution in [0, 0.1) is 0 Å². The van der Waals surface area contributed by atoms with Gasteiger partial charge in [-0.05, 0) is 47.7 Å². The average Bonchev–Trinajstić information content (AvgIpc) is 2.96. The van der Waals surface area contributed by atoms with Crippen LogP contribution < -0.4 is 5.32 Å². The Morgan fingerprint density at radius 3 is 2.61 bits per heavy atom. The third-order valence-electron chi connectivity index (χ3n) is 2.95. The Labute approximate surface area is 142 Å². The van der Waals surface area contributed by atoms with E-state index in [1.165, 1.54) is 4.80 Å². The van der Waals surface area contributed by atoms with Crippen LogP contribution in [0.15, 0.2) is 48.5 Å². The molecule has 1 aromatic heterocycles. The van der Waals surface area contributed by atoms with Gasteiger partial charge in [-0.25, -0.2) is 0 Å². The average molecular weight is 348 g/mol. The van der Waals surface area contributed by atoms with E-state index in [-0.39, 0.29) is 12.5 Å². The number of hydrogen-bond acceptors (Lipinski definition) is 4. The zero-order valence-electron chi connectivity index (χ0n) is 11.8. The van der Waals surface area contributed by atoms with Crippen molar-refractivity contribution in [1.29, 1.82) is 0 Å². The lowest BCUT2D eigenvalue weighted by Gasteiger charge is -2.04. The third kappa shape index (κ3) is 4.06. The van der Waals surface area contributed by atoms with Crippen molar-refractivity contribution >= 4 is 34.8 Å². The number of halogens is 2. The van der Waals surface area contributed by atoms with Gasteiger partial charge in [0.2, 0.25) is 11.7 Å². The molecule has 0 aliphatic heterocycles.